The lowest BCUT2D eigenvalue weighted by molar-refractivity contribution is 0.142. The van der Waals surface area contributed by atoms with Crippen LogP contribution < -0.4 is 11.0 Å². The molecule has 1 unspecified atom stereocenters. The molecule has 0 aliphatic carbocycles. The van der Waals surface area contributed by atoms with Crippen molar-refractivity contribution in [2.45, 2.75) is 32.4 Å². The molecule has 0 saturated carbocycles. The standard InChI is InChI=1S/C14H15BFNO2/c1-2-3-10(18)8-17-5-4-9-6-12(15)13(16)7-11(9)14(17)19/h4-7,10,18H,2-3,8H2,1H3. The van der Waals surface area contributed by atoms with Gasteiger partial charge in [-0.05, 0) is 23.9 Å². The van der Waals surface area contributed by atoms with Crippen molar-refractivity contribution in [3.05, 3.63) is 40.6 Å². The number of hydrogen-bond acceptors (Lipinski definition) is 2. The number of pyridine rings is 1. The second-order valence-corrected chi connectivity index (χ2v) is 4.68. The summed E-state index contributed by atoms with van der Waals surface area (Å²) in [6.45, 7) is 2.18. The molecule has 1 atom stereocenters. The number of benzene rings is 1. The summed E-state index contributed by atoms with van der Waals surface area (Å²) in [5.74, 6) is -0.601. The van der Waals surface area contributed by atoms with Gasteiger partial charge >= 0.3 is 0 Å². The van der Waals surface area contributed by atoms with Gasteiger partial charge in [0.2, 0.25) is 0 Å². The second kappa shape index (κ2) is 5.57. The van der Waals surface area contributed by atoms with Gasteiger partial charge in [-0.2, -0.15) is 0 Å². The van der Waals surface area contributed by atoms with Crippen LogP contribution in [0.15, 0.2) is 29.2 Å². The van der Waals surface area contributed by atoms with Crippen LogP contribution in [-0.2, 0) is 6.54 Å². The van der Waals surface area contributed by atoms with E-state index in [1.807, 2.05) is 6.92 Å². The molecule has 19 heavy (non-hydrogen) atoms. The number of aliphatic hydroxyl groups is 1. The Morgan fingerprint density at radius 1 is 1.47 bits per heavy atom. The second-order valence-electron chi connectivity index (χ2n) is 4.68. The fourth-order valence-corrected chi connectivity index (χ4v) is 2.12. The van der Waals surface area contributed by atoms with Gasteiger partial charge in [-0.1, -0.05) is 24.9 Å². The first kappa shape index (κ1) is 13.8. The van der Waals surface area contributed by atoms with Crippen LogP contribution >= 0.6 is 0 Å². The first-order valence-corrected chi connectivity index (χ1v) is 6.29. The number of aromatic nitrogens is 1. The van der Waals surface area contributed by atoms with Crippen LogP contribution in [-0.4, -0.2) is 23.6 Å². The minimum absolute atomic E-state index is 0.0238. The lowest BCUT2D eigenvalue weighted by Gasteiger charge is -2.12. The van der Waals surface area contributed by atoms with E-state index in [0.29, 0.717) is 11.8 Å². The van der Waals surface area contributed by atoms with E-state index < -0.39 is 11.9 Å². The highest BCUT2D eigenvalue weighted by Gasteiger charge is 2.09. The van der Waals surface area contributed by atoms with Gasteiger partial charge in [0.15, 0.2) is 0 Å². The monoisotopic (exact) mass is 259 g/mol. The molecule has 2 rings (SSSR count). The Hall–Kier alpha value is -1.62. The summed E-state index contributed by atoms with van der Waals surface area (Å²) >= 11 is 0. The Kier molecular flexibility index (Phi) is 4.05. The maximum Gasteiger partial charge on any atom is 0.258 e. The highest BCUT2D eigenvalue weighted by atomic mass is 19.1. The number of aliphatic hydroxyl groups excluding tert-OH is 1. The highest BCUT2D eigenvalue weighted by molar-refractivity contribution is 6.33. The van der Waals surface area contributed by atoms with Gasteiger partial charge < -0.3 is 9.67 Å². The smallest absolute Gasteiger partial charge is 0.258 e. The summed E-state index contributed by atoms with van der Waals surface area (Å²) in [5.41, 5.74) is -0.290. The van der Waals surface area contributed by atoms with Gasteiger partial charge in [0.1, 0.15) is 13.7 Å². The third-order valence-corrected chi connectivity index (χ3v) is 3.12. The molecule has 0 spiro atoms. The van der Waals surface area contributed by atoms with Crippen molar-refractivity contribution in [2.75, 3.05) is 0 Å². The average Bonchev–Trinajstić information content (AvgIpc) is 2.36. The van der Waals surface area contributed by atoms with Crippen LogP contribution in [0.1, 0.15) is 19.8 Å². The Morgan fingerprint density at radius 3 is 2.89 bits per heavy atom. The zero-order chi connectivity index (χ0) is 14.0. The molecule has 1 heterocycles. The van der Waals surface area contributed by atoms with E-state index in [0.717, 1.165) is 12.5 Å². The molecule has 0 aliphatic heterocycles. The van der Waals surface area contributed by atoms with E-state index in [-0.39, 0.29) is 23.0 Å². The lowest BCUT2D eigenvalue weighted by Crippen LogP contribution is -2.26. The molecule has 0 amide bonds. The zero-order valence-corrected chi connectivity index (χ0v) is 10.8. The van der Waals surface area contributed by atoms with Gasteiger partial charge in [0.25, 0.3) is 5.56 Å². The predicted octanol–water partition coefficient (Wildman–Crippen LogP) is 1.10. The van der Waals surface area contributed by atoms with E-state index in [2.05, 4.69) is 0 Å². The SMILES string of the molecule is [B]c1cc2ccn(CC(O)CCC)c(=O)c2cc1F. The van der Waals surface area contributed by atoms with Crippen molar-refractivity contribution in [3.8, 4) is 0 Å². The van der Waals surface area contributed by atoms with Crippen molar-refractivity contribution < 1.29 is 9.50 Å². The van der Waals surface area contributed by atoms with Crippen LogP contribution in [0.3, 0.4) is 0 Å². The predicted molar refractivity (Wildman–Crippen MR) is 74.5 cm³/mol. The van der Waals surface area contributed by atoms with E-state index in [1.165, 1.54) is 10.6 Å². The number of rotatable bonds is 4. The van der Waals surface area contributed by atoms with Crippen molar-refractivity contribution in [1.82, 2.24) is 4.57 Å². The molecule has 1 N–H and O–H groups in total. The highest BCUT2D eigenvalue weighted by Crippen LogP contribution is 2.10. The quantitative estimate of drug-likeness (QED) is 0.835. The first-order chi connectivity index (χ1) is 9.02. The zero-order valence-electron chi connectivity index (χ0n) is 10.8. The van der Waals surface area contributed by atoms with Crippen LogP contribution in [0.5, 0.6) is 0 Å². The van der Waals surface area contributed by atoms with Gasteiger partial charge in [-0.3, -0.25) is 4.79 Å². The molecule has 0 saturated heterocycles. The van der Waals surface area contributed by atoms with Crippen LogP contribution in [0.25, 0.3) is 10.8 Å². The first-order valence-electron chi connectivity index (χ1n) is 6.29. The summed E-state index contributed by atoms with van der Waals surface area (Å²) in [6.07, 6.45) is 2.50. The van der Waals surface area contributed by atoms with Gasteiger partial charge in [-0.25, -0.2) is 4.39 Å². The summed E-state index contributed by atoms with van der Waals surface area (Å²) in [4.78, 5) is 12.2. The Labute approximate surface area is 112 Å². The summed E-state index contributed by atoms with van der Waals surface area (Å²) in [5, 5.41) is 10.6. The van der Waals surface area contributed by atoms with Crippen molar-refractivity contribution in [3.63, 3.8) is 0 Å². The van der Waals surface area contributed by atoms with Crippen LogP contribution in [0.4, 0.5) is 4.39 Å². The average molecular weight is 259 g/mol. The van der Waals surface area contributed by atoms with Gasteiger partial charge in [-0.15, -0.1) is 0 Å². The topological polar surface area (TPSA) is 42.2 Å². The molecule has 3 nitrogen and oxygen atoms in total. The Balaban J connectivity index is 2.46. The van der Waals surface area contributed by atoms with Crippen molar-refractivity contribution >= 4 is 24.1 Å². The Morgan fingerprint density at radius 2 is 2.21 bits per heavy atom. The summed E-state index contributed by atoms with van der Waals surface area (Å²) < 4.78 is 14.8. The van der Waals surface area contributed by atoms with Crippen molar-refractivity contribution in [1.29, 1.82) is 0 Å². The van der Waals surface area contributed by atoms with Gasteiger partial charge in [0, 0.05) is 6.20 Å². The maximum absolute atomic E-state index is 13.4. The third kappa shape index (κ3) is 2.87. The molecule has 0 aliphatic rings. The summed E-state index contributed by atoms with van der Waals surface area (Å²) in [7, 11) is 5.47. The van der Waals surface area contributed by atoms with Gasteiger partial charge in [0.05, 0.1) is 18.0 Å². The molecule has 2 aromatic rings. The van der Waals surface area contributed by atoms with Crippen LogP contribution in [0, 0.1) is 5.82 Å². The van der Waals surface area contributed by atoms with E-state index in [4.69, 9.17) is 7.85 Å². The molecule has 1 aromatic heterocycles. The normalized spacial score (nSPS) is 12.8. The number of halogens is 1. The molecule has 0 fully saturated rings. The molecule has 0 bridgehead atoms. The molecule has 1 aromatic carbocycles. The number of nitrogens with zero attached hydrogens (tertiary/aromatic N) is 1. The maximum atomic E-state index is 13.4. The molecule has 2 radical (unpaired) electrons. The minimum Gasteiger partial charge on any atom is -0.391 e. The Bertz CT molecular complexity index is 654. The third-order valence-electron chi connectivity index (χ3n) is 3.12. The fraction of sp³-hybridized carbons (Fsp3) is 0.357. The van der Waals surface area contributed by atoms with Crippen LogP contribution in [0.2, 0.25) is 0 Å². The number of hydrogen-bond donors (Lipinski definition) is 1. The molecular weight excluding hydrogens is 244 g/mol. The molecule has 98 valence electrons. The fourth-order valence-electron chi connectivity index (χ4n) is 2.12. The molecular formula is C14H15BFNO2. The van der Waals surface area contributed by atoms with E-state index in [9.17, 15) is 14.3 Å². The molecule has 5 heteroatoms. The largest absolute Gasteiger partial charge is 0.391 e. The van der Waals surface area contributed by atoms with E-state index in [1.54, 1.807) is 12.3 Å². The van der Waals surface area contributed by atoms with E-state index >= 15 is 0 Å². The summed E-state index contributed by atoms with van der Waals surface area (Å²) in [6, 6.07) is 4.29. The minimum atomic E-state index is -0.601. The lowest BCUT2D eigenvalue weighted by atomic mass is 9.93. The van der Waals surface area contributed by atoms with Crippen molar-refractivity contribution in [2.24, 2.45) is 0 Å². The number of fused-ring (bicyclic) bond motifs is 1.